The van der Waals surface area contributed by atoms with E-state index < -0.39 is 0 Å². The van der Waals surface area contributed by atoms with E-state index in [0.29, 0.717) is 6.54 Å². The van der Waals surface area contributed by atoms with E-state index in [1.807, 2.05) is 0 Å². The molecule has 2 aromatic heterocycles. The molecule has 6 heteroatoms. The number of hydrogen-bond donors (Lipinski definition) is 1. The first-order valence-corrected chi connectivity index (χ1v) is 9.47. The zero-order valence-electron chi connectivity index (χ0n) is 17.1. The van der Waals surface area contributed by atoms with Crippen LogP contribution in [0.4, 0.5) is 0 Å². The van der Waals surface area contributed by atoms with E-state index in [0.717, 1.165) is 42.3 Å². The molecule has 26 heavy (non-hydrogen) atoms. The second kappa shape index (κ2) is 6.65. The number of nitrogens with zero attached hydrogens (tertiary/aromatic N) is 4. The van der Waals surface area contributed by atoms with Gasteiger partial charge in [-0.1, -0.05) is 13.8 Å². The zero-order valence-corrected chi connectivity index (χ0v) is 17.1. The molecule has 0 aliphatic carbocycles. The molecule has 0 atom stereocenters. The molecule has 6 nitrogen and oxygen atoms in total. The standard InChI is InChI=1S/C20H31N5O/c1-12(2)18-21-17-8-9-24(11-16(17)19(26)22-18)10-15-13(3)23-25(14(15)4)20(5,6)7/h12H,8-11H2,1-7H3,(H,21,22,26). The lowest BCUT2D eigenvalue weighted by atomic mass is 10.0. The van der Waals surface area contributed by atoms with Crippen LogP contribution in [-0.4, -0.2) is 31.2 Å². The molecule has 0 bridgehead atoms. The van der Waals surface area contributed by atoms with Gasteiger partial charge in [-0.05, 0) is 34.6 Å². The Labute approximate surface area is 155 Å². The van der Waals surface area contributed by atoms with Gasteiger partial charge in [0.15, 0.2) is 0 Å². The first kappa shape index (κ1) is 18.8. The number of aryl methyl sites for hydroxylation is 1. The van der Waals surface area contributed by atoms with Gasteiger partial charge in [-0.3, -0.25) is 14.4 Å². The summed E-state index contributed by atoms with van der Waals surface area (Å²) in [4.78, 5) is 22.5. The Balaban J connectivity index is 1.85. The number of rotatable bonds is 3. The van der Waals surface area contributed by atoms with Gasteiger partial charge in [-0.25, -0.2) is 4.98 Å². The average Bonchev–Trinajstić information content (AvgIpc) is 2.83. The number of aromatic amines is 1. The fourth-order valence-corrected chi connectivity index (χ4v) is 3.69. The Hall–Kier alpha value is -1.95. The van der Waals surface area contributed by atoms with Crippen LogP contribution in [0.1, 0.15) is 74.6 Å². The van der Waals surface area contributed by atoms with Crippen molar-refractivity contribution in [3.8, 4) is 0 Å². The molecular formula is C20H31N5O. The van der Waals surface area contributed by atoms with Gasteiger partial charge in [-0.15, -0.1) is 0 Å². The van der Waals surface area contributed by atoms with Crippen molar-refractivity contribution in [2.45, 2.75) is 79.4 Å². The highest BCUT2D eigenvalue weighted by Crippen LogP contribution is 2.24. The van der Waals surface area contributed by atoms with Gasteiger partial charge in [0.05, 0.1) is 22.5 Å². The van der Waals surface area contributed by atoms with Crippen molar-refractivity contribution in [3.63, 3.8) is 0 Å². The first-order valence-electron chi connectivity index (χ1n) is 9.47. The molecular weight excluding hydrogens is 326 g/mol. The predicted octanol–water partition coefficient (Wildman–Crippen LogP) is 3.02. The lowest BCUT2D eigenvalue weighted by Gasteiger charge is -2.28. The Kier molecular flexibility index (Phi) is 4.82. The number of fused-ring (bicyclic) bond motifs is 1. The quantitative estimate of drug-likeness (QED) is 0.917. The van der Waals surface area contributed by atoms with Crippen molar-refractivity contribution >= 4 is 0 Å². The van der Waals surface area contributed by atoms with E-state index >= 15 is 0 Å². The fraction of sp³-hybridized carbons (Fsp3) is 0.650. The van der Waals surface area contributed by atoms with E-state index in [1.54, 1.807) is 0 Å². The van der Waals surface area contributed by atoms with Gasteiger partial charge < -0.3 is 4.98 Å². The highest BCUT2D eigenvalue weighted by Gasteiger charge is 2.25. The van der Waals surface area contributed by atoms with Crippen LogP contribution in [-0.2, 0) is 25.0 Å². The van der Waals surface area contributed by atoms with Gasteiger partial charge in [0.2, 0.25) is 0 Å². The summed E-state index contributed by atoms with van der Waals surface area (Å²) in [5.74, 6) is 1.03. The van der Waals surface area contributed by atoms with Crippen molar-refractivity contribution in [1.29, 1.82) is 0 Å². The molecule has 3 heterocycles. The van der Waals surface area contributed by atoms with E-state index in [9.17, 15) is 4.79 Å². The Morgan fingerprint density at radius 3 is 2.50 bits per heavy atom. The third-order valence-electron chi connectivity index (χ3n) is 5.17. The molecule has 1 aliphatic heterocycles. The molecule has 1 N–H and O–H groups in total. The van der Waals surface area contributed by atoms with Crippen LogP contribution in [0.3, 0.4) is 0 Å². The number of nitrogens with one attached hydrogen (secondary N) is 1. The summed E-state index contributed by atoms with van der Waals surface area (Å²) in [5.41, 5.74) is 5.32. The minimum absolute atomic E-state index is 0.0160. The van der Waals surface area contributed by atoms with Crippen LogP contribution in [0.25, 0.3) is 0 Å². The molecule has 0 fully saturated rings. The highest BCUT2D eigenvalue weighted by atomic mass is 16.1. The zero-order chi connectivity index (χ0) is 19.2. The molecule has 2 aromatic rings. The van der Waals surface area contributed by atoms with Gasteiger partial charge >= 0.3 is 0 Å². The summed E-state index contributed by atoms with van der Waals surface area (Å²) in [6, 6.07) is 0. The summed E-state index contributed by atoms with van der Waals surface area (Å²) in [6.07, 6.45) is 0.824. The van der Waals surface area contributed by atoms with Crippen molar-refractivity contribution in [2.75, 3.05) is 6.54 Å². The summed E-state index contributed by atoms with van der Waals surface area (Å²) >= 11 is 0. The van der Waals surface area contributed by atoms with Gasteiger partial charge in [0.1, 0.15) is 5.82 Å². The van der Waals surface area contributed by atoms with Crippen molar-refractivity contribution in [2.24, 2.45) is 0 Å². The molecule has 0 spiro atoms. The molecule has 1 aliphatic rings. The highest BCUT2D eigenvalue weighted by molar-refractivity contribution is 5.27. The van der Waals surface area contributed by atoms with Crippen LogP contribution in [0.5, 0.6) is 0 Å². The third kappa shape index (κ3) is 3.47. The fourth-order valence-electron chi connectivity index (χ4n) is 3.69. The van der Waals surface area contributed by atoms with Crippen molar-refractivity contribution in [3.05, 3.63) is 44.4 Å². The largest absolute Gasteiger partial charge is 0.310 e. The maximum Gasteiger partial charge on any atom is 0.255 e. The van der Waals surface area contributed by atoms with E-state index in [1.165, 1.54) is 11.3 Å². The molecule has 142 valence electrons. The molecule has 0 saturated carbocycles. The molecule has 0 unspecified atom stereocenters. The van der Waals surface area contributed by atoms with Gasteiger partial charge in [0.25, 0.3) is 5.56 Å². The molecule has 0 aromatic carbocycles. The minimum atomic E-state index is -0.0318. The summed E-state index contributed by atoms with van der Waals surface area (Å²) in [6.45, 7) is 17.2. The molecule has 0 amide bonds. The maximum absolute atomic E-state index is 12.5. The van der Waals surface area contributed by atoms with Crippen LogP contribution in [0, 0.1) is 13.8 Å². The molecule has 0 radical (unpaired) electrons. The maximum atomic E-state index is 12.5. The summed E-state index contributed by atoms with van der Waals surface area (Å²) < 4.78 is 2.11. The van der Waals surface area contributed by atoms with E-state index in [-0.39, 0.29) is 17.0 Å². The average molecular weight is 358 g/mol. The Morgan fingerprint density at radius 1 is 1.23 bits per heavy atom. The number of hydrogen-bond acceptors (Lipinski definition) is 4. The third-order valence-corrected chi connectivity index (χ3v) is 5.17. The van der Waals surface area contributed by atoms with Gasteiger partial charge in [-0.2, -0.15) is 5.10 Å². The summed E-state index contributed by atoms with van der Waals surface area (Å²) in [7, 11) is 0. The van der Waals surface area contributed by atoms with Gasteiger partial charge in [0, 0.05) is 43.2 Å². The predicted molar refractivity (Wildman–Crippen MR) is 103 cm³/mol. The number of aromatic nitrogens is 4. The Morgan fingerprint density at radius 2 is 1.92 bits per heavy atom. The van der Waals surface area contributed by atoms with Crippen LogP contribution in [0.2, 0.25) is 0 Å². The smallest absolute Gasteiger partial charge is 0.255 e. The SMILES string of the molecule is Cc1nn(C(C)(C)C)c(C)c1CN1CCc2nc(C(C)C)[nH]c(=O)c2C1. The van der Waals surface area contributed by atoms with E-state index in [2.05, 4.69) is 68.0 Å². The first-order chi connectivity index (χ1) is 12.1. The monoisotopic (exact) mass is 357 g/mol. The van der Waals surface area contributed by atoms with Crippen LogP contribution >= 0.6 is 0 Å². The van der Waals surface area contributed by atoms with Crippen LogP contribution in [0.15, 0.2) is 4.79 Å². The second-order valence-corrected chi connectivity index (χ2v) is 8.72. The van der Waals surface area contributed by atoms with Crippen molar-refractivity contribution in [1.82, 2.24) is 24.6 Å². The summed E-state index contributed by atoms with van der Waals surface area (Å²) in [5, 5.41) is 4.75. The lowest BCUT2D eigenvalue weighted by Crippen LogP contribution is -2.36. The van der Waals surface area contributed by atoms with Crippen LogP contribution < -0.4 is 5.56 Å². The van der Waals surface area contributed by atoms with Crippen molar-refractivity contribution < 1.29 is 0 Å². The topological polar surface area (TPSA) is 66.8 Å². The minimum Gasteiger partial charge on any atom is -0.310 e. The lowest BCUT2D eigenvalue weighted by molar-refractivity contribution is 0.240. The second-order valence-electron chi connectivity index (χ2n) is 8.72. The normalized spacial score (nSPS) is 15.5. The molecule has 0 saturated heterocycles. The molecule has 3 rings (SSSR count). The number of H-pyrrole nitrogens is 1. The Bertz CT molecular complexity index is 870. The van der Waals surface area contributed by atoms with E-state index in [4.69, 9.17) is 5.10 Å².